The summed E-state index contributed by atoms with van der Waals surface area (Å²) < 4.78 is 7.35. The van der Waals surface area contributed by atoms with Crippen molar-refractivity contribution in [2.24, 2.45) is 11.7 Å². The summed E-state index contributed by atoms with van der Waals surface area (Å²) in [6.45, 7) is 3.04. The first-order valence-electron chi connectivity index (χ1n) is 6.09. The predicted octanol–water partition coefficient (Wildman–Crippen LogP) is 0.878. The summed E-state index contributed by atoms with van der Waals surface area (Å²) in [5.41, 5.74) is 6.26. The van der Waals surface area contributed by atoms with Crippen LogP contribution in [0.3, 0.4) is 0 Å². The average molecular weight is 285 g/mol. The van der Waals surface area contributed by atoms with Gasteiger partial charge in [-0.05, 0) is 13.0 Å². The minimum atomic E-state index is -0.000344. The summed E-state index contributed by atoms with van der Waals surface area (Å²) in [4.78, 5) is 11.1. The van der Waals surface area contributed by atoms with Crippen molar-refractivity contribution in [2.45, 2.75) is 26.1 Å². The third-order valence-corrected chi connectivity index (χ3v) is 3.26. The second-order valence-corrected chi connectivity index (χ2v) is 5.00. The zero-order chi connectivity index (χ0) is 13.8. The SMILES string of the molecule is C[C@@H](OCc1ccnn1/C=C(\N)Cl)[C@H]1CNC(=O)C1. The maximum Gasteiger partial charge on any atom is 0.220 e. The topological polar surface area (TPSA) is 82.2 Å². The van der Waals surface area contributed by atoms with E-state index >= 15 is 0 Å². The van der Waals surface area contributed by atoms with Crippen molar-refractivity contribution in [1.29, 1.82) is 0 Å². The van der Waals surface area contributed by atoms with Crippen molar-refractivity contribution in [1.82, 2.24) is 15.1 Å². The number of hydrogen-bond acceptors (Lipinski definition) is 4. The van der Waals surface area contributed by atoms with Gasteiger partial charge in [0.2, 0.25) is 5.91 Å². The van der Waals surface area contributed by atoms with Crippen molar-refractivity contribution in [2.75, 3.05) is 6.54 Å². The van der Waals surface area contributed by atoms with E-state index in [-0.39, 0.29) is 23.1 Å². The smallest absolute Gasteiger partial charge is 0.220 e. The molecule has 3 N–H and O–H groups in total. The Labute approximate surface area is 116 Å². The quantitative estimate of drug-likeness (QED) is 0.786. The molecule has 19 heavy (non-hydrogen) atoms. The minimum absolute atomic E-state index is 0.000344. The number of amides is 1. The highest BCUT2D eigenvalue weighted by Gasteiger charge is 2.27. The molecule has 1 aromatic heterocycles. The fourth-order valence-corrected chi connectivity index (χ4v) is 2.09. The van der Waals surface area contributed by atoms with Crippen LogP contribution in [0.4, 0.5) is 0 Å². The maximum absolute atomic E-state index is 11.1. The number of ether oxygens (including phenoxy) is 1. The number of nitrogens with one attached hydrogen (secondary N) is 1. The molecule has 0 bridgehead atoms. The molecule has 1 amide bonds. The summed E-state index contributed by atoms with van der Waals surface area (Å²) in [5.74, 6) is 0.306. The van der Waals surface area contributed by atoms with Crippen LogP contribution in [0.15, 0.2) is 17.4 Å². The Bertz CT molecular complexity index is 482. The summed E-state index contributed by atoms with van der Waals surface area (Å²) >= 11 is 5.62. The molecule has 1 aliphatic rings. The number of nitrogens with two attached hydrogens (primary N) is 1. The normalized spacial score (nSPS) is 21.5. The number of nitrogens with zero attached hydrogens (tertiary/aromatic N) is 2. The molecule has 2 rings (SSSR count). The maximum atomic E-state index is 11.1. The first-order valence-corrected chi connectivity index (χ1v) is 6.47. The number of carbonyl (C=O) groups excluding carboxylic acids is 1. The first kappa shape index (κ1) is 13.9. The van der Waals surface area contributed by atoms with Crippen LogP contribution in [-0.2, 0) is 16.1 Å². The molecule has 7 heteroatoms. The molecule has 0 saturated carbocycles. The average Bonchev–Trinajstić information content (AvgIpc) is 2.95. The van der Waals surface area contributed by atoms with Gasteiger partial charge in [0.05, 0.1) is 24.6 Å². The van der Waals surface area contributed by atoms with Gasteiger partial charge in [0, 0.05) is 25.1 Å². The van der Waals surface area contributed by atoms with Gasteiger partial charge in [-0.25, -0.2) is 4.68 Å². The number of carbonyl (C=O) groups is 1. The molecule has 1 saturated heterocycles. The van der Waals surface area contributed by atoms with Crippen molar-refractivity contribution in [3.63, 3.8) is 0 Å². The largest absolute Gasteiger partial charge is 0.388 e. The summed E-state index contributed by atoms with van der Waals surface area (Å²) in [7, 11) is 0. The number of rotatable bonds is 5. The van der Waals surface area contributed by atoms with Gasteiger partial charge in [0.25, 0.3) is 0 Å². The van der Waals surface area contributed by atoms with Gasteiger partial charge < -0.3 is 15.8 Å². The summed E-state index contributed by atoms with van der Waals surface area (Å²) in [5, 5.41) is 7.03. The van der Waals surface area contributed by atoms with Gasteiger partial charge in [0.1, 0.15) is 5.16 Å². The minimum Gasteiger partial charge on any atom is -0.388 e. The Morgan fingerprint density at radius 1 is 1.84 bits per heavy atom. The molecule has 1 aliphatic heterocycles. The van der Waals surface area contributed by atoms with Gasteiger partial charge >= 0.3 is 0 Å². The summed E-state index contributed by atoms with van der Waals surface area (Å²) in [6.07, 6.45) is 3.69. The molecule has 0 spiro atoms. The number of halogens is 1. The lowest BCUT2D eigenvalue weighted by atomic mass is 10.0. The second kappa shape index (κ2) is 6.08. The van der Waals surface area contributed by atoms with Crippen molar-refractivity contribution >= 4 is 23.7 Å². The molecule has 104 valence electrons. The molecular weight excluding hydrogens is 268 g/mol. The van der Waals surface area contributed by atoms with E-state index in [1.54, 1.807) is 10.9 Å². The van der Waals surface area contributed by atoms with E-state index < -0.39 is 0 Å². The van der Waals surface area contributed by atoms with E-state index in [2.05, 4.69) is 10.4 Å². The standard InChI is InChI=1S/C12H17ClN4O2/c1-8(9-4-12(18)15-5-9)19-7-10-2-3-16-17(10)6-11(13)14/h2-3,6,8-9H,4-5,7,14H2,1H3,(H,15,18)/b11-6-/t8-,9-/m1/s1. The van der Waals surface area contributed by atoms with E-state index in [9.17, 15) is 4.79 Å². The molecule has 0 unspecified atom stereocenters. The van der Waals surface area contributed by atoms with Crippen LogP contribution in [-0.4, -0.2) is 28.3 Å². The van der Waals surface area contributed by atoms with Crippen molar-refractivity contribution < 1.29 is 9.53 Å². The van der Waals surface area contributed by atoms with Gasteiger partial charge in [-0.3, -0.25) is 4.79 Å². The fraction of sp³-hybridized carbons (Fsp3) is 0.500. The van der Waals surface area contributed by atoms with E-state index in [1.165, 1.54) is 6.20 Å². The number of hydrogen-bond donors (Lipinski definition) is 2. The van der Waals surface area contributed by atoms with Crippen LogP contribution in [0, 0.1) is 5.92 Å². The molecule has 1 aromatic rings. The van der Waals surface area contributed by atoms with Crippen molar-refractivity contribution in [3.05, 3.63) is 23.1 Å². The van der Waals surface area contributed by atoms with Gasteiger partial charge in [-0.2, -0.15) is 5.10 Å². The first-order chi connectivity index (χ1) is 9.06. The lowest BCUT2D eigenvalue weighted by Gasteiger charge is -2.18. The summed E-state index contributed by atoms with van der Waals surface area (Å²) in [6, 6.07) is 1.83. The van der Waals surface area contributed by atoms with Gasteiger partial charge in [0.15, 0.2) is 0 Å². The highest BCUT2D eigenvalue weighted by molar-refractivity contribution is 6.30. The van der Waals surface area contributed by atoms with E-state index in [1.807, 2.05) is 13.0 Å². The molecule has 1 fully saturated rings. The third kappa shape index (κ3) is 3.71. The Balaban J connectivity index is 1.90. The molecule has 2 atom stereocenters. The highest BCUT2D eigenvalue weighted by Crippen LogP contribution is 2.17. The van der Waals surface area contributed by atoms with Crippen LogP contribution in [0.2, 0.25) is 0 Å². The monoisotopic (exact) mass is 284 g/mol. The number of aromatic nitrogens is 2. The molecule has 0 aliphatic carbocycles. The predicted molar refractivity (Wildman–Crippen MR) is 71.9 cm³/mol. The highest BCUT2D eigenvalue weighted by atomic mass is 35.5. The van der Waals surface area contributed by atoms with E-state index in [0.717, 1.165) is 5.69 Å². The molecule has 2 heterocycles. The Morgan fingerprint density at radius 2 is 2.63 bits per heavy atom. The lowest BCUT2D eigenvalue weighted by molar-refractivity contribution is -0.119. The molecule has 0 aromatic carbocycles. The lowest BCUT2D eigenvalue weighted by Crippen LogP contribution is -2.23. The zero-order valence-electron chi connectivity index (χ0n) is 10.7. The second-order valence-electron chi connectivity index (χ2n) is 4.57. The molecule has 6 nitrogen and oxygen atoms in total. The van der Waals surface area contributed by atoms with Gasteiger partial charge in [-0.15, -0.1) is 0 Å². The zero-order valence-corrected chi connectivity index (χ0v) is 11.4. The molecule has 0 radical (unpaired) electrons. The fourth-order valence-electron chi connectivity index (χ4n) is 2.00. The van der Waals surface area contributed by atoms with Gasteiger partial charge in [-0.1, -0.05) is 11.6 Å². The van der Waals surface area contributed by atoms with E-state index in [0.29, 0.717) is 19.6 Å². The van der Waals surface area contributed by atoms with Crippen LogP contribution in [0.5, 0.6) is 0 Å². The van der Waals surface area contributed by atoms with E-state index in [4.69, 9.17) is 22.1 Å². The van der Waals surface area contributed by atoms with Crippen molar-refractivity contribution in [3.8, 4) is 0 Å². The Kier molecular flexibility index (Phi) is 4.44. The van der Waals surface area contributed by atoms with Crippen LogP contribution < -0.4 is 11.1 Å². The Hall–Kier alpha value is -1.53. The van der Waals surface area contributed by atoms with Crippen LogP contribution in [0.25, 0.3) is 6.20 Å². The molecular formula is C12H17ClN4O2. The Morgan fingerprint density at radius 3 is 3.26 bits per heavy atom. The van der Waals surface area contributed by atoms with Crippen LogP contribution in [0.1, 0.15) is 19.0 Å². The van der Waals surface area contributed by atoms with Crippen LogP contribution >= 0.6 is 11.6 Å². The third-order valence-electron chi connectivity index (χ3n) is 3.16.